The third-order valence-electron chi connectivity index (χ3n) is 5.55. The van der Waals surface area contributed by atoms with Gasteiger partial charge in [-0.05, 0) is 51.9 Å². The van der Waals surface area contributed by atoms with Crippen LogP contribution in [0.25, 0.3) is 0 Å². The molecule has 1 aliphatic carbocycles. The van der Waals surface area contributed by atoms with Crippen LogP contribution in [0, 0.1) is 5.92 Å². The lowest BCUT2D eigenvalue weighted by molar-refractivity contribution is -0.133. The third-order valence-corrected chi connectivity index (χ3v) is 5.55. The average molecular weight is 312 g/mol. The highest BCUT2D eigenvalue weighted by molar-refractivity contribution is 4.95. The van der Waals surface area contributed by atoms with E-state index in [0.717, 1.165) is 45.0 Å². The lowest BCUT2D eigenvalue weighted by atomic mass is 9.72. The standard InChI is InChI=1S/C19H37NO2/c1-4-5-15-22-19(17-9-7-6-8-10-17)11-13-20(14-12-19)16-18(2,3)21/h17,21H,4-16H2,1-3H3. The van der Waals surface area contributed by atoms with Crippen LogP contribution in [-0.4, -0.2) is 47.4 Å². The van der Waals surface area contributed by atoms with Crippen LogP contribution in [0.1, 0.15) is 78.6 Å². The van der Waals surface area contributed by atoms with E-state index < -0.39 is 5.60 Å². The summed E-state index contributed by atoms with van der Waals surface area (Å²) in [4.78, 5) is 2.42. The van der Waals surface area contributed by atoms with Crippen LogP contribution in [0.15, 0.2) is 0 Å². The first-order chi connectivity index (χ1) is 10.5. The zero-order valence-corrected chi connectivity index (χ0v) is 15.1. The van der Waals surface area contributed by atoms with Crippen molar-refractivity contribution in [3.05, 3.63) is 0 Å². The van der Waals surface area contributed by atoms with Gasteiger partial charge in [0.1, 0.15) is 0 Å². The molecule has 0 spiro atoms. The highest BCUT2D eigenvalue weighted by atomic mass is 16.5. The molecule has 0 atom stereocenters. The van der Waals surface area contributed by atoms with Crippen LogP contribution in [0.2, 0.25) is 0 Å². The minimum atomic E-state index is -0.589. The Hall–Kier alpha value is -0.120. The average Bonchev–Trinajstić information content (AvgIpc) is 2.49. The first-order valence-electron chi connectivity index (χ1n) is 9.54. The molecule has 1 saturated carbocycles. The van der Waals surface area contributed by atoms with E-state index in [1.807, 2.05) is 13.8 Å². The smallest absolute Gasteiger partial charge is 0.0734 e. The van der Waals surface area contributed by atoms with E-state index in [1.165, 1.54) is 44.9 Å². The number of rotatable bonds is 7. The first-order valence-corrected chi connectivity index (χ1v) is 9.54. The maximum Gasteiger partial charge on any atom is 0.0734 e. The zero-order valence-electron chi connectivity index (χ0n) is 15.1. The van der Waals surface area contributed by atoms with Crippen LogP contribution < -0.4 is 0 Å². The Kier molecular flexibility index (Phi) is 6.73. The van der Waals surface area contributed by atoms with Crippen molar-refractivity contribution >= 4 is 0 Å². The van der Waals surface area contributed by atoms with Gasteiger partial charge in [-0.25, -0.2) is 0 Å². The van der Waals surface area contributed by atoms with E-state index in [1.54, 1.807) is 0 Å². The molecule has 0 radical (unpaired) electrons. The number of hydrogen-bond acceptors (Lipinski definition) is 3. The highest BCUT2D eigenvalue weighted by Gasteiger charge is 2.43. The lowest BCUT2D eigenvalue weighted by Crippen LogP contribution is -2.53. The van der Waals surface area contributed by atoms with E-state index in [0.29, 0.717) is 0 Å². The van der Waals surface area contributed by atoms with E-state index >= 15 is 0 Å². The molecule has 2 fully saturated rings. The summed E-state index contributed by atoms with van der Waals surface area (Å²) < 4.78 is 6.54. The molecule has 1 aliphatic heterocycles. The number of unbranched alkanes of at least 4 members (excludes halogenated alkanes) is 1. The third kappa shape index (κ3) is 5.21. The Morgan fingerprint density at radius 3 is 2.32 bits per heavy atom. The summed E-state index contributed by atoms with van der Waals surface area (Å²) in [5.41, 5.74) is -0.459. The fourth-order valence-corrected chi connectivity index (χ4v) is 4.36. The summed E-state index contributed by atoms with van der Waals surface area (Å²) in [6, 6.07) is 0. The largest absolute Gasteiger partial charge is 0.389 e. The predicted octanol–water partition coefficient (Wildman–Crippen LogP) is 3.99. The van der Waals surface area contributed by atoms with Crippen molar-refractivity contribution in [2.24, 2.45) is 5.92 Å². The van der Waals surface area contributed by atoms with Crippen LogP contribution in [0.5, 0.6) is 0 Å². The van der Waals surface area contributed by atoms with Crippen molar-refractivity contribution in [2.75, 3.05) is 26.2 Å². The molecule has 1 saturated heterocycles. The Morgan fingerprint density at radius 1 is 1.14 bits per heavy atom. The molecule has 2 aliphatic rings. The molecular weight excluding hydrogens is 274 g/mol. The van der Waals surface area contributed by atoms with Gasteiger partial charge >= 0.3 is 0 Å². The second-order valence-electron chi connectivity index (χ2n) is 8.19. The fraction of sp³-hybridized carbons (Fsp3) is 1.00. The Labute approximate surface area is 137 Å². The highest BCUT2D eigenvalue weighted by Crippen LogP contribution is 2.42. The molecule has 3 nitrogen and oxygen atoms in total. The van der Waals surface area contributed by atoms with Crippen molar-refractivity contribution in [1.29, 1.82) is 0 Å². The normalized spacial score (nSPS) is 24.5. The van der Waals surface area contributed by atoms with Gasteiger partial charge in [-0.2, -0.15) is 0 Å². The second-order valence-corrected chi connectivity index (χ2v) is 8.19. The molecule has 0 bridgehead atoms. The van der Waals surface area contributed by atoms with Crippen molar-refractivity contribution in [2.45, 2.75) is 89.8 Å². The number of piperidine rings is 1. The predicted molar refractivity (Wildman–Crippen MR) is 92.1 cm³/mol. The molecule has 22 heavy (non-hydrogen) atoms. The second kappa shape index (κ2) is 8.12. The Morgan fingerprint density at radius 2 is 1.77 bits per heavy atom. The minimum absolute atomic E-state index is 0.131. The van der Waals surface area contributed by atoms with Gasteiger partial charge in [0.25, 0.3) is 0 Å². The monoisotopic (exact) mass is 311 g/mol. The molecule has 0 aromatic carbocycles. The minimum Gasteiger partial charge on any atom is -0.389 e. The van der Waals surface area contributed by atoms with E-state index in [4.69, 9.17) is 4.74 Å². The van der Waals surface area contributed by atoms with Crippen molar-refractivity contribution in [3.8, 4) is 0 Å². The number of nitrogens with zero attached hydrogens (tertiary/aromatic N) is 1. The number of ether oxygens (including phenoxy) is 1. The van der Waals surface area contributed by atoms with Gasteiger partial charge < -0.3 is 14.7 Å². The number of likely N-dealkylation sites (tertiary alicyclic amines) is 1. The van der Waals surface area contributed by atoms with Crippen molar-refractivity contribution < 1.29 is 9.84 Å². The van der Waals surface area contributed by atoms with Crippen molar-refractivity contribution in [3.63, 3.8) is 0 Å². The van der Waals surface area contributed by atoms with Gasteiger partial charge in [-0.3, -0.25) is 0 Å². The summed E-state index contributed by atoms with van der Waals surface area (Å²) in [6.45, 7) is 9.92. The Balaban J connectivity index is 1.94. The van der Waals surface area contributed by atoms with Crippen LogP contribution >= 0.6 is 0 Å². The van der Waals surface area contributed by atoms with Gasteiger partial charge in [0, 0.05) is 26.2 Å². The number of hydrogen-bond donors (Lipinski definition) is 1. The van der Waals surface area contributed by atoms with Crippen LogP contribution in [0.4, 0.5) is 0 Å². The van der Waals surface area contributed by atoms with Gasteiger partial charge in [0.15, 0.2) is 0 Å². The Bertz CT molecular complexity index is 310. The summed E-state index contributed by atoms with van der Waals surface area (Å²) in [6.07, 6.45) is 11.6. The summed E-state index contributed by atoms with van der Waals surface area (Å²) in [7, 11) is 0. The van der Waals surface area contributed by atoms with Crippen LogP contribution in [-0.2, 0) is 4.74 Å². The number of aliphatic hydroxyl groups is 1. The van der Waals surface area contributed by atoms with Gasteiger partial charge in [-0.15, -0.1) is 0 Å². The van der Waals surface area contributed by atoms with Gasteiger partial charge in [0.05, 0.1) is 11.2 Å². The lowest BCUT2D eigenvalue weighted by Gasteiger charge is -2.48. The van der Waals surface area contributed by atoms with Crippen molar-refractivity contribution in [1.82, 2.24) is 4.90 Å². The van der Waals surface area contributed by atoms with E-state index in [2.05, 4.69) is 11.8 Å². The molecule has 130 valence electrons. The summed E-state index contributed by atoms with van der Waals surface area (Å²) in [5, 5.41) is 10.0. The topological polar surface area (TPSA) is 32.7 Å². The zero-order chi connectivity index (χ0) is 16.1. The quantitative estimate of drug-likeness (QED) is 0.722. The van der Waals surface area contributed by atoms with Gasteiger partial charge in [0.2, 0.25) is 0 Å². The van der Waals surface area contributed by atoms with Gasteiger partial charge in [-0.1, -0.05) is 32.6 Å². The molecular formula is C19H37NO2. The molecule has 0 aromatic heterocycles. The molecule has 0 unspecified atom stereocenters. The fourth-order valence-electron chi connectivity index (χ4n) is 4.36. The molecule has 3 heteroatoms. The SMILES string of the molecule is CCCCOC1(C2CCCCC2)CCN(CC(C)(C)O)CC1. The maximum atomic E-state index is 10.0. The molecule has 0 aromatic rings. The van der Waals surface area contributed by atoms with E-state index in [9.17, 15) is 5.11 Å². The maximum absolute atomic E-state index is 10.0. The molecule has 0 amide bonds. The molecule has 1 heterocycles. The van der Waals surface area contributed by atoms with E-state index in [-0.39, 0.29) is 5.60 Å². The van der Waals surface area contributed by atoms with Crippen LogP contribution in [0.3, 0.4) is 0 Å². The first kappa shape index (κ1) is 18.2. The number of β-amino-alcohol motifs (C(OH)–C–C–N with tert-alkyl or cyclic N) is 1. The molecule has 1 N–H and O–H groups in total. The summed E-state index contributed by atoms with van der Waals surface area (Å²) in [5.74, 6) is 0.766. The molecule has 2 rings (SSSR count). The summed E-state index contributed by atoms with van der Waals surface area (Å²) >= 11 is 0.